The van der Waals surface area contributed by atoms with Crippen molar-refractivity contribution in [3.8, 4) is 0 Å². The molecule has 0 spiro atoms. The minimum Gasteiger partial charge on any atom is -0.478 e. The van der Waals surface area contributed by atoms with Crippen molar-refractivity contribution in [3.63, 3.8) is 0 Å². The summed E-state index contributed by atoms with van der Waals surface area (Å²) >= 11 is 0. The maximum Gasteiger partial charge on any atom is 0.337 e. The van der Waals surface area contributed by atoms with Gasteiger partial charge in [-0.1, -0.05) is 31.4 Å². The van der Waals surface area contributed by atoms with Gasteiger partial charge < -0.3 is 15.7 Å². The molecule has 2 amide bonds. The third-order valence-electron chi connectivity index (χ3n) is 3.80. The number of hydrogen-bond donors (Lipinski definition) is 3. The van der Waals surface area contributed by atoms with Crippen LogP contribution < -0.4 is 10.6 Å². The smallest absolute Gasteiger partial charge is 0.337 e. The Hall–Kier alpha value is -2.04. The topological polar surface area (TPSA) is 78.4 Å². The van der Waals surface area contributed by atoms with E-state index in [-0.39, 0.29) is 17.6 Å². The fourth-order valence-corrected chi connectivity index (χ4v) is 2.37. The average Bonchev–Trinajstić information content (AvgIpc) is 3.23. The molecule has 2 rings (SSSR count). The number of hydrogen-bond acceptors (Lipinski definition) is 2. The van der Waals surface area contributed by atoms with Gasteiger partial charge in [-0.25, -0.2) is 9.59 Å². The number of nitrogens with one attached hydrogen (secondary N) is 2. The summed E-state index contributed by atoms with van der Waals surface area (Å²) in [4.78, 5) is 23.2. The predicted octanol–water partition coefficient (Wildman–Crippen LogP) is 3.39. The maximum atomic E-state index is 12.0. The number of anilines is 1. The summed E-state index contributed by atoms with van der Waals surface area (Å²) in [5, 5.41) is 14.8. The summed E-state index contributed by atoms with van der Waals surface area (Å²) in [5.41, 5.74) is 1.28. The summed E-state index contributed by atoms with van der Waals surface area (Å²) < 4.78 is 0. The van der Waals surface area contributed by atoms with Crippen LogP contribution in [0.1, 0.15) is 48.5 Å². The SMILES string of the molecule is CCC(CC1CC1)NC(=O)Nc1ccc(C)cc1C(=O)O. The number of carbonyl (C=O) groups excluding carboxylic acids is 1. The van der Waals surface area contributed by atoms with E-state index < -0.39 is 5.97 Å². The number of carboxylic acids is 1. The molecule has 5 nitrogen and oxygen atoms in total. The molecule has 0 aliphatic heterocycles. The van der Waals surface area contributed by atoms with Crippen molar-refractivity contribution < 1.29 is 14.7 Å². The second kappa shape index (κ2) is 6.61. The van der Waals surface area contributed by atoms with E-state index in [2.05, 4.69) is 10.6 Å². The van der Waals surface area contributed by atoms with Crippen LogP contribution in [0.25, 0.3) is 0 Å². The van der Waals surface area contributed by atoms with Gasteiger partial charge in [0.2, 0.25) is 0 Å². The molecule has 0 heterocycles. The Balaban J connectivity index is 1.99. The van der Waals surface area contributed by atoms with Crippen molar-refractivity contribution in [2.45, 2.75) is 45.6 Å². The summed E-state index contributed by atoms with van der Waals surface area (Å²) in [5.74, 6) is -0.303. The Morgan fingerprint density at radius 3 is 2.67 bits per heavy atom. The lowest BCUT2D eigenvalue weighted by atomic mass is 10.1. The van der Waals surface area contributed by atoms with Gasteiger partial charge in [-0.05, 0) is 37.8 Å². The number of carbonyl (C=O) groups is 2. The van der Waals surface area contributed by atoms with Crippen molar-refractivity contribution in [1.82, 2.24) is 5.32 Å². The summed E-state index contributed by atoms with van der Waals surface area (Å²) in [6.07, 6.45) is 4.38. The third-order valence-corrected chi connectivity index (χ3v) is 3.80. The highest BCUT2D eigenvalue weighted by atomic mass is 16.4. The number of amides is 2. The molecule has 1 unspecified atom stereocenters. The van der Waals surface area contributed by atoms with Gasteiger partial charge in [0.15, 0.2) is 0 Å². The van der Waals surface area contributed by atoms with Crippen LogP contribution in [0, 0.1) is 12.8 Å². The molecular formula is C16H22N2O3. The Morgan fingerprint density at radius 1 is 1.38 bits per heavy atom. The predicted molar refractivity (Wildman–Crippen MR) is 81.7 cm³/mol. The molecule has 1 aliphatic carbocycles. The second-order valence-electron chi connectivity index (χ2n) is 5.74. The molecule has 1 saturated carbocycles. The van der Waals surface area contributed by atoms with E-state index in [0.29, 0.717) is 5.69 Å². The van der Waals surface area contributed by atoms with Gasteiger partial charge >= 0.3 is 12.0 Å². The molecule has 1 fully saturated rings. The first-order chi connectivity index (χ1) is 9.99. The molecule has 114 valence electrons. The van der Waals surface area contributed by atoms with Gasteiger partial charge in [0.1, 0.15) is 0 Å². The van der Waals surface area contributed by atoms with Crippen LogP contribution in [0.3, 0.4) is 0 Å². The van der Waals surface area contributed by atoms with E-state index in [4.69, 9.17) is 0 Å². The average molecular weight is 290 g/mol. The lowest BCUT2D eigenvalue weighted by Gasteiger charge is -2.18. The van der Waals surface area contributed by atoms with Crippen molar-refractivity contribution in [3.05, 3.63) is 29.3 Å². The molecule has 1 aliphatic rings. The zero-order valence-corrected chi connectivity index (χ0v) is 12.5. The summed E-state index contributed by atoms with van der Waals surface area (Å²) in [6.45, 7) is 3.86. The number of benzene rings is 1. The Labute approximate surface area is 124 Å². The molecular weight excluding hydrogens is 268 g/mol. The lowest BCUT2D eigenvalue weighted by Crippen LogP contribution is -2.38. The fraction of sp³-hybridized carbons (Fsp3) is 0.500. The number of rotatable bonds is 6. The standard InChI is InChI=1S/C16H22N2O3/c1-3-12(9-11-5-6-11)17-16(21)18-14-7-4-10(2)8-13(14)15(19)20/h4,7-8,11-12H,3,5-6,9H2,1-2H3,(H,19,20)(H2,17,18,21). The molecule has 0 bridgehead atoms. The van der Waals surface area contributed by atoms with E-state index in [1.165, 1.54) is 12.8 Å². The minimum absolute atomic E-state index is 0.111. The highest BCUT2D eigenvalue weighted by molar-refractivity contribution is 6.00. The molecule has 1 aromatic rings. The molecule has 0 radical (unpaired) electrons. The monoisotopic (exact) mass is 290 g/mol. The van der Waals surface area contributed by atoms with Crippen LogP contribution in [-0.2, 0) is 0 Å². The number of carboxylic acid groups (broad SMARTS) is 1. The summed E-state index contributed by atoms with van der Waals surface area (Å²) in [6, 6.07) is 4.77. The van der Waals surface area contributed by atoms with Crippen molar-refractivity contribution in [2.24, 2.45) is 5.92 Å². The first-order valence-corrected chi connectivity index (χ1v) is 7.41. The van der Waals surface area contributed by atoms with Gasteiger partial charge in [0.05, 0.1) is 11.3 Å². The van der Waals surface area contributed by atoms with Crippen LogP contribution in [-0.4, -0.2) is 23.1 Å². The van der Waals surface area contributed by atoms with Gasteiger partial charge in [0, 0.05) is 6.04 Å². The molecule has 0 saturated heterocycles. The third kappa shape index (κ3) is 4.48. The zero-order chi connectivity index (χ0) is 15.4. The van der Waals surface area contributed by atoms with E-state index in [1.807, 2.05) is 13.8 Å². The van der Waals surface area contributed by atoms with Crippen LogP contribution in [0.2, 0.25) is 0 Å². The Morgan fingerprint density at radius 2 is 2.10 bits per heavy atom. The van der Waals surface area contributed by atoms with Crippen LogP contribution in [0.15, 0.2) is 18.2 Å². The van der Waals surface area contributed by atoms with Crippen LogP contribution >= 0.6 is 0 Å². The first kappa shape index (κ1) is 15.4. The van der Waals surface area contributed by atoms with E-state index in [9.17, 15) is 14.7 Å². The lowest BCUT2D eigenvalue weighted by molar-refractivity contribution is 0.0698. The largest absolute Gasteiger partial charge is 0.478 e. The quantitative estimate of drug-likeness (QED) is 0.751. The molecule has 0 aromatic heterocycles. The van der Waals surface area contributed by atoms with Crippen LogP contribution in [0.5, 0.6) is 0 Å². The summed E-state index contributed by atoms with van der Waals surface area (Å²) in [7, 11) is 0. The highest BCUT2D eigenvalue weighted by Gasteiger charge is 2.25. The van der Waals surface area contributed by atoms with Gasteiger partial charge in [0.25, 0.3) is 0 Å². The molecule has 3 N–H and O–H groups in total. The van der Waals surface area contributed by atoms with Crippen molar-refractivity contribution in [2.75, 3.05) is 5.32 Å². The number of urea groups is 1. The second-order valence-corrected chi connectivity index (χ2v) is 5.74. The van der Waals surface area contributed by atoms with E-state index >= 15 is 0 Å². The maximum absolute atomic E-state index is 12.0. The molecule has 1 aromatic carbocycles. The van der Waals surface area contributed by atoms with Gasteiger partial charge in [-0.3, -0.25) is 0 Å². The minimum atomic E-state index is -1.04. The van der Waals surface area contributed by atoms with Crippen LogP contribution in [0.4, 0.5) is 10.5 Å². The number of aryl methyl sites for hydroxylation is 1. The van der Waals surface area contributed by atoms with Crippen molar-refractivity contribution >= 4 is 17.7 Å². The number of aromatic carboxylic acids is 1. The highest BCUT2D eigenvalue weighted by Crippen LogP contribution is 2.34. The first-order valence-electron chi connectivity index (χ1n) is 7.41. The molecule has 21 heavy (non-hydrogen) atoms. The van der Waals surface area contributed by atoms with E-state index in [0.717, 1.165) is 24.3 Å². The van der Waals surface area contributed by atoms with E-state index in [1.54, 1.807) is 18.2 Å². The normalized spacial score (nSPS) is 15.3. The Bertz CT molecular complexity index is 538. The van der Waals surface area contributed by atoms with Crippen molar-refractivity contribution in [1.29, 1.82) is 0 Å². The Kier molecular flexibility index (Phi) is 4.83. The molecule has 1 atom stereocenters. The fourth-order valence-electron chi connectivity index (χ4n) is 2.37. The van der Waals surface area contributed by atoms with Gasteiger partial charge in [-0.2, -0.15) is 0 Å². The molecule has 5 heteroatoms. The van der Waals surface area contributed by atoms with Gasteiger partial charge in [-0.15, -0.1) is 0 Å². The zero-order valence-electron chi connectivity index (χ0n) is 12.5.